The molecule has 1 aromatic heterocycles. The third kappa shape index (κ3) is 3.19. The molecule has 0 atom stereocenters. The van der Waals surface area contributed by atoms with E-state index in [-0.39, 0.29) is 11.6 Å². The van der Waals surface area contributed by atoms with Crippen molar-refractivity contribution < 1.29 is 14.2 Å². The van der Waals surface area contributed by atoms with Crippen LogP contribution >= 0.6 is 11.6 Å². The van der Waals surface area contributed by atoms with Gasteiger partial charge in [-0.15, -0.1) is 0 Å². The Morgan fingerprint density at radius 1 is 1.26 bits per heavy atom. The first-order valence-corrected chi connectivity index (χ1v) is 7.63. The number of anilines is 1. The van der Waals surface area contributed by atoms with Crippen molar-refractivity contribution in [3.8, 4) is 0 Å². The van der Waals surface area contributed by atoms with Crippen molar-refractivity contribution in [1.82, 2.24) is 15.2 Å². The van der Waals surface area contributed by atoms with Gasteiger partial charge in [0.2, 0.25) is 0 Å². The predicted octanol–water partition coefficient (Wildman–Crippen LogP) is 2.52. The van der Waals surface area contributed by atoms with Crippen LogP contribution in [0, 0.1) is 6.92 Å². The number of hydrogen-bond donors (Lipinski definition) is 1. The van der Waals surface area contributed by atoms with Gasteiger partial charge in [0, 0.05) is 18.1 Å². The molecule has 0 unspecified atom stereocenters. The van der Waals surface area contributed by atoms with Crippen molar-refractivity contribution in [3.05, 3.63) is 40.2 Å². The first kappa shape index (κ1) is 15.5. The van der Waals surface area contributed by atoms with E-state index in [1.807, 2.05) is 0 Å². The van der Waals surface area contributed by atoms with Gasteiger partial charge in [-0.05, 0) is 43.1 Å². The highest BCUT2D eigenvalue weighted by molar-refractivity contribution is 6.31. The fraction of sp³-hybridized carbons (Fsp3) is 0.333. The van der Waals surface area contributed by atoms with Crippen LogP contribution < -0.4 is 5.32 Å². The van der Waals surface area contributed by atoms with Crippen LogP contribution in [0.2, 0.25) is 5.02 Å². The van der Waals surface area contributed by atoms with E-state index in [0.29, 0.717) is 22.0 Å². The van der Waals surface area contributed by atoms with Gasteiger partial charge in [-0.1, -0.05) is 16.8 Å². The lowest BCUT2D eigenvalue weighted by Crippen LogP contribution is -2.29. The zero-order valence-corrected chi connectivity index (χ0v) is 13.3. The van der Waals surface area contributed by atoms with E-state index < -0.39 is 5.91 Å². The van der Waals surface area contributed by atoms with E-state index in [1.165, 1.54) is 0 Å². The number of likely N-dealkylation sites (tertiary alicyclic amines) is 1. The second-order valence-corrected chi connectivity index (χ2v) is 5.78. The van der Waals surface area contributed by atoms with Crippen LogP contribution in [-0.4, -0.2) is 40.1 Å². The summed E-state index contributed by atoms with van der Waals surface area (Å²) in [6.45, 7) is 3.06. The van der Waals surface area contributed by atoms with Gasteiger partial charge in [-0.2, -0.15) is 0 Å². The number of amides is 2. The average molecular weight is 335 g/mol. The quantitative estimate of drug-likeness (QED) is 0.931. The monoisotopic (exact) mass is 334 g/mol. The van der Waals surface area contributed by atoms with Crippen molar-refractivity contribution in [2.24, 2.45) is 0 Å². The van der Waals surface area contributed by atoms with Gasteiger partial charge in [0.1, 0.15) is 5.69 Å². The predicted molar refractivity (Wildman–Crippen MR) is 83.6 cm³/mol. The standard InChI is InChI=1S/C15H15ClN4O3/c1-9-13(19-23-18-9)14(21)17-12-8-10(16)4-5-11(12)15(22)20-6-2-3-7-20/h4-5,8H,2-3,6-7H2,1H3,(H,17,21). The van der Waals surface area contributed by atoms with Crippen LogP contribution in [0.3, 0.4) is 0 Å². The van der Waals surface area contributed by atoms with E-state index >= 15 is 0 Å². The Labute approximate surface area is 137 Å². The van der Waals surface area contributed by atoms with Crippen molar-refractivity contribution >= 4 is 29.1 Å². The lowest BCUT2D eigenvalue weighted by atomic mass is 10.1. The maximum absolute atomic E-state index is 12.6. The molecule has 0 spiro atoms. The van der Waals surface area contributed by atoms with Crippen molar-refractivity contribution in [2.75, 3.05) is 18.4 Å². The normalized spacial score (nSPS) is 14.1. The van der Waals surface area contributed by atoms with Gasteiger partial charge in [0.15, 0.2) is 5.69 Å². The summed E-state index contributed by atoms with van der Waals surface area (Å²) in [6.07, 6.45) is 1.98. The molecule has 1 N–H and O–H groups in total. The van der Waals surface area contributed by atoms with Gasteiger partial charge in [0.05, 0.1) is 11.3 Å². The maximum Gasteiger partial charge on any atom is 0.279 e. The molecule has 23 heavy (non-hydrogen) atoms. The second-order valence-electron chi connectivity index (χ2n) is 5.34. The Morgan fingerprint density at radius 3 is 2.65 bits per heavy atom. The number of aromatic nitrogens is 2. The summed E-state index contributed by atoms with van der Waals surface area (Å²) in [5, 5.41) is 10.2. The summed E-state index contributed by atoms with van der Waals surface area (Å²) in [4.78, 5) is 26.6. The maximum atomic E-state index is 12.6. The minimum absolute atomic E-state index is 0.0737. The molecule has 0 bridgehead atoms. The molecule has 8 heteroatoms. The summed E-state index contributed by atoms with van der Waals surface area (Å²) in [5.41, 5.74) is 1.20. The van der Waals surface area contributed by atoms with Crippen LogP contribution in [0.5, 0.6) is 0 Å². The fourth-order valence-electron chi connectivity index (χ4n) is 2.52. The topological polar surface area (TPSA) is 88.3 Å². The van der Waals surface area contributed by atoms with Gasteiger partial charge in [-0.3, -0.25) is 9.59 Å². The lowest BCUT2D eigenvalue weighted by Gasteiger charge is -2.18. The molecule has 1 aliphatic rings. The van der Waals surface area contributed by atoms with Gasteiger partial charge in [-0.25, -0.2) is 4.63 Å². The molecule has 3 rings (SSSR count). The zero-order chi connectivity index (χ0) is 16.4. The Kier molecular flexibility index (Phi) is 4.29. The van der Waals surface area contributed by atoms with E-state index in [4.69, 9.17) is 11.6 Å². The number of nitrogens with zero attached hydrogens (tertiary/aromatic N) is 3. The number of hydrogen-bond acceptors (Lipinski definition) is 5. The molecule has 2 heterocycles. The van der Waals surface area contributed by atoms with Gasteiger partial charge in [0.25, 0.3) is 11.8 Å². The molecule has 1 saturated heterocycles. The zero-order valence-electron chi connectivity index (χ0n) is 12.5. The largest absolute Gasteiger partial charge is 0.339 e. The van der Waals surface area contributed by atoms with E-state index in [9.17, 15) is 9.59 Å². The molecule has 1 aromatic carbocycles. The highest BCUT2D eigenvalue weighted by Crippen LogP contribution is 2.24. The van der Waals surface area contributed by atoms with Crippen LogP contribution in [0.15, 0.2) is 22.8 Å². The summed E-state index contributed by atoms with van der Waals surface area (Å²) in [6, 6.07) is 4.79. The number of halogens is 1. The molecule has 0 saturated carbocycles. The second kappa shape index (κ2) is 6.37. The third-order valence-electron chi connectivity index (χ3n) is 3.72. The SMILES string of the molecule is Cc1nonc1C(=O)Nc1cc(Cl)ccc1C(=O)N1CCCC1. The highest BCUT2D eigenvalue weighted by atomic mass is 35.5. The molecule has 1 aliphatic heterocycles. The molecule has 2 amide bonds. The number of rotatable bonds is 3. The van der Waals surface area contributed by atoms with E-state index in [2.05, 4.69) is 20.3 Å². The minimum atomic E-state index is -0.499. The number of carbonyl (C=O) groups excluding carboxylic acids is 2. The molecule has 0 aliphatic carbocycles. The summed E-state index contributed by atoms with van der Waals surface area (Å²) in [5.74, 6) is -0.619. The van der Waals surface area contributed by atoms with Crippen LogP contribution in [0.25, 0.3) is 0 Å². The summed E-state index contributed by atoms with van der Waals surface area (Å²) < 4.78 is 4.52. The first-order valence-electron chi connectivity index (χ1n) is 7.25. The van der Waals surface area contributed by atoms with Crippen molar-refractivity contribution in [2.45, 2.75) is 19.8 Å². The fourth-order valence-corrected chi connectivity index (χ4v) is 2.69. The van der Waals surface area contributed by atoms with Crippen molar-refractivity contribution in [1.29, 1.82) is 0 Å². The molecule has 0 radical (unpaired) electrons. The highest BCUT2D eigenvalue weighted by Gasteiger charge is 2.24. The molecule has 120 valence electrons. The lowest BCUT2D eigenvalue weighted by molar-refractivity contribution is 0.0794. The molecule has 7 nitrogen and oxygen atoms in total. The smallest absolute Gasteiger partial charge is 0.279 e. The van der Waals surface area contributed by atoms with Gasteiger partial charge < -0.3 is 10.2 Å². The Hall–Kier alpha value is -2.41. The number of aryl methyl sites for hydroxylation is 1. The minimum Gasteiger partial charge on any atom is -0.339 e. The van der Waals surface area contributed by atoms with E-state index in [1.54, 1.807) is 30.0 Å². The van der Waals surface area contributed by atoms with Gasteiger partial charge >= 0.3 is 0 Å². The average Bonchev–Trinajstić information content (AvgIpc) is 3.18. The third-order valence-corrected chi connectivity index (χ3v) is 3.96. The van der Waals surface area contributed by atoms with Crippen molar-refractivity contribution in [3.63, 3.8) is 0 Å². The van der Waals surface area contributed by atoms with E-state index in [0.717, 1.165) is 25.9 Å². The van der Waals surface area contributed by atoms with Crippen LogP contribution in [0.1, 0.15) is 39.4 Å². The molecular weight excluding hydrogens is 320 g/mol. The molecular formula is C15H15ClN4O3. The number of carbonyl (C=O) groups is 2. The Bertz CT molecular complexity index is 753. The molecule has 2 aromatic rings. The van der Waals surface area contributed by atoms with Crippen LogP contribution in [0.4, 0.5) is 5.69 Å². The molecule has 1 fully saturated rings. The first-order chi connectivity index (χ1) is 11.1. The Balaban J connectivity index is 1.88. The number of benzene rings is 1. The summed E-state index contributed by atoms with van der Waals surface area (Å²) >= 11 is 6.00. The Morgan fingerprint density at radius 2 is 2.00 bits per heavy atom. The summed E-state index contributed by atoms with van der Waals surface area (Å²) in [7, 11) is 0. The number of nitrogens with one attached hydrogen (secondary N) is 1. The van der Waals surface area contributed by atoms with Crippen LogP contribution in [-0.2, 0) is 0 Å².